The molecule has 2 aliphatic heterocycles. The molecule has 4 N–H and O–H groups in total. The van der Waals surface area contributed by atoms with Crippen LogP contribution in [0.1, 0.15) is 68.4 Å². The van der Waals surface area contributed by atoms with Crippen LogP contribution < -0.4 is 16.4 Å². The average Bonchev–Trinajstić information content (AvgIpc) is 3.06. The fraction of sp³-hybridized carbons (Fsp3) is 0.567. The summed E-state index contributed by atoms with van der Waals surface area (Å²) in [5.74, 6) is -1.20. The molecule has 0 spiro atoms. The lowest BCUT2D eigenvalue weighted by molar-refractivity contribution is -0.124. The van der Waals surface area contributed by atoms with Gasteiger partial charge in [0.2, 0.25) is 15.9 Å². The summed E-state index contributed by atoms with van der Waals surface area (Å²) >= 11 is 0. The number of halogens is 2. The van der Waals surface area contributed by atoms with Gasteiger partial charge < -0.3 is 16.4 Å². The molecule has 5 rings (SSSR count). The zero-order valence-electron chi connectivity index (χ0n) is 22.8. The molecule has 3 aliphatic rings. The van der Waals surface area contributed by atoms with Gasteiger partial charge in [-0.05, 0) is 79.8 Å². The Hall–Kier alpha value is -2.40. The molecule has 10 heteroatoms. The van der Waals surface area contributed by atoms with E-state index in [4.69, 9.17) is 5.73 Å². The van der Waals surface area contributed by atoms with Crippen LogP contribution in [0.4, 0.5) is 8.78 Å². The van der Waals surface area contributed by atoms with E-state index >= 15 is 0 Å². The number of piperazine rings is 1. The average molecular weight is 575 g/mol. The summed E-state index contributed by atoms with van der Waals surface area (Å²) in [6.07, 6.45) is 7.03. The Kier molecular flexibility index (Phi) is 9.19. The Bertz CT molecular complexity index is 1210. The van der Waals surface area contributed by atoms with Crippen molar-refractivity contribution in [2.75, 3.05) is 18.8 Å². The molecule has 0 aromatic heterocycles. The van der Waals surface area contributed by atoms with E-state index in [1.807, 2.05) is 0 Å². The summed E-state index contributed by atoms with van der Waals surface area (Å²) in [6.45, 7) is 1.20. The minimum absolute atomic E-state index is 0.0561. The third-order valence-corrected chi connectivity index (χ3v) is 11.0. The molecule has 1 aliphatic carbocycles. The molecule has 6 atom stereocenters. The quantitative estimate of drug-likeness (QED) is 0.447. The Balaban J connectivity index is 1.27. The van der Waals surface area contributed by atoms with Crippen molar-refractivity contribution < 1.29 is 22.0 Å². The van der Waals surface area contributed by atoms with Crippen LogP contribution in [0.25, 0.3) is 0 Å². The molecule has 2 bridgehead atoms. The topological polar surface area (TPSA) is 105 Å². The first-order valence-electron chi connectivity index (χ1n) is 14.5. The van der Waals surface area contributed by atoms with Crippen molar-refractivity contribution in [1.29, 1.82) is 0 Å². The fourth-order valence-electron chi connectivity index (χ4n) is 6.77. The van der Waals surface area contributed by atoms with Crippen molar-refractivity contribution in [3.05, 3.63) is 71.3 Å². The lowest BCUT2D eigenvalue weighted by Crippen LogP contribution is -2.57. The maximum Gasteiger partial charge on any atom is 0.238 e. The van der Waals surface area contributed by atoms with Crippen molar-refractivity contribution in [3.63, 3.8) is 0 Å². The molecule has 2 saturated heterocycles. The smallest absolute Gasteiger partial charge is 0.238 e. The Morgan fingerprint density at radius 1 is 0.950 bits per heavy atom. The van der Waals surface area contributed by atoms with E-state index in [-0.39, 0.29) is 47.3 Å². The molecular formula is C30H40F2N4O3S. The second-order valence-electron chi connectivity index (χ2n) is 11.6. The number of carbonyl (C=O) groups excluding carboxylic acids is 1. The summed E-state index contributed by atoms with van der Waals surface area (Å²) in [4.78, 5) is 13.6. The van der Waals surface area contributed by atoms with Crippen LogP contribution in [0.3, 0.4) is 0 Å². The highest BCUT2D eigenvalue weighted by molar-refractivity contribution is 7.89. The summed E-state index contributed by atoms with van der Waals surface area (Å²) in [5.41, 5.74) is 7.93. The van der Waals surface area contributed by atoms with E-state index in [1.165, 1.54) is 24.3 Å². The zero-order valence-corrected chi connectivity index (χ0v) is 23.6. The van der Waals surface area contributed by atoms with Crippen LogP contribution in [0.2, 0.25) is 0 Å². The monoisotopic (exact) mass is 574 g/mol. The number of carbonyl (C=O) groups is 1. The van der Waals surface area contributed by atoms with Crippen molar-refractivity contribution in [1.82, 2.24) is 14.9 Å². The fourth-order valence-corrected chi connectivity index (χ4v) is 8.58. The third-order valence-electron chi connectivity index (χ3n) is 8.99. The maximum atomic E-state index is 13.7. The second-order valence-corrected chi connectivity index (χ2v) is 13.7. The first kappa shape index (κ1) is 29.1. The molecule has 7 nitrogen and oxygen atoms in total. The first-order valence-corrected chi connectivity index (χ1v) is 16.1. The highest BCUT2D eigenvalue weighted by Crippen LogP contribution is 2.32. The van der Waals surface area contributed by atoms with Gasteiger partial charge in [0.15, 0.2) is 0 Å². The molecule has 2 unspecified atom stereocenters. The zero-order chi connectivity index (χ0) is 28.3. The SMILES string of the molecule is NC(C(=O)N[C@H]1CCCC[C@@H]1CC[C@H]1CN[C@@H]2CCCS(=O)(=O)N1C2)C(c1ccc(F)cc1)c1ccc(F)cc1. The van der Waals surface area contributed by atoms with Crippen molar-refractivity contribution in [2.24, 2.45) is 11.7 Å². The van der Waals surface area contributed by atoms with Gasteiger partial charge in [-0.3, -0.25) is 4.79 Å². The Morgan fingerprint density at radius 3 is 2.23 bits per heavy atom. The molecule has 1 amide bonds. The van der Waals surface area contributed by atoms with E-state index in [2.05, 4.69) is 10.6 Å². The molecule has 2 aromatic carbocycles. The molecule has 3 fully saturated rings. The number of amides is 1. The minimum atomic E-state index is -3.25. The molecular weight excluding hydrogens is 534 g/mol. The number of nitrogens with zero attached hydrogens (tertiary/aromatic N) is 1. The third kappa shape index (κ3) is 6.73. The number of nitrogens with one attached hydrogen (secondary N) is 2. The van der Waals surface area contributed by atoms with Gasteiger partial charge in [-0.1, -0.05) is 37.1 Å². The van der Waals surface area contributed by atoms with E-state index in [1.54, 1.807) is 28.6 Å². The van der Waals surface area contributed by atoms with Crippen molar-refractivity contribution >= 4 is 15.9 Å². The minimum Gasteiger partial charge on any atom is -0.352 e. The summed E-state index contributed by atoms with van der Waals surface area (Å²) < 4.78 is 54.8. The van der Waals surface area contributed by atoms with Crippen LogP contribution >= 0.6 is 0 Å². The predicted octanol–water partition coefficient (Wildman–Crippen LogP) is 3.65. The van der Waals surface area contributed by atoms with Crippen LogP contribution in [0, 0.1) is 17.6 Å². The van der Waals surface area contributed by atoms with Gasteiger partial charge in [0, 0.05) is 37.1 Å². The van der Waals surface area contributed by atoms with Gasteiger partial charge in [0.25, 0.3) is 0 Å². The van der Waals surface area contributed by atoms with Gasteiger partial charge in [-0.15, -0.1) is 0 Å². The lowest BCUT2D eigenvalue weighted by atomic mass is 9.80. The van der Waals surface area contributed by atoms with Crippen LogP contribution in [-0.2, 0) is 14.8 Å². The standard InChI is InChI=1S/C30H40F2N4O3S/c31-23-12-7-21(8-13-23)28(22-9-14-24(32)15-10-22)29(33)30(37)35-27-6-2-1-4-20(27)11-16-26-18-34-25-5-3-17-40(38,39)36(26)19-25/h7-10,12-15,20,25-29,34H,1-6,11,16-19,33H2,(H,35,37)/t20-,25-,26+,27+,29?/m1/s1. The van der Waals surface area contributed by atoms with Crippen LogP contribution in [-0.4, -0.2) is 61.6 Å². The van der Waals surface area contributed by atoms with Gasteiger partial charge in [0.1, 0.15) is 11.6 Å². The van der Waals surface area contributed by atoms with Gasteiger partial charge in [0.05, 0.1) is 11.8 Å². The molecule has 2 heterocycles. The van der Waals surface area contributed by atoms with Gasteiger partial charge >= 0.3 is 0 Å². The second kappa shape index (κ2) is 12.6. The lowest BCUT2D eigenvalue weighted by Gasteiger charge is -2.39. The molecule has 40 heavy (non-hydrogen) atoms. The Labute approximate surface area is 235 Å². The number of fused-ring (bicyclic) bond motifs is 2. The number of hydrogen-bond donors (Lipinski definition) is 3. The summed E-state index contributed by atoms with van der Waals surface area (Å²) in [6, 6.07) is 10.9. The van der Waals surface area contributed by atoms with Gasteiger partial charge in [-0.2, -0.15) is 4.31 Å². The molecule has 2 aromatic rings. The first-order chi connectivity index (χ1) is 19.2. The Morgan fingerprint density at radius 2 is 1.57 bits per heavy atom. The summed E-state index contributed by atoms with van der Waals surface area (Å²) in [5, 5.41) is 6.74. The molecule has 0 radical (unpaired) electrons. The van der Waals surface area contributed by atoms with Crippen molar-refractivity contribution in [2.45, 2.75) is 81.5 Å². The molecule has 218 valence electrons. The van der Waals surface area contributed by atoms with E-state index in [0.29, 0.717) is 30.6 Å². The molecule has 1 saturated carbocycles. The number of sulfonamides is 1. The number of hydrogen-bond acceptors (Lipinski definition) is 5. The summed E-state index contributed by atoms with van der Waals surface area (Å²) in [7, 11) is -3.25. The van der Waals surface area contributed by atoms with E-state index < -0.39 is 22.0 Å². The number of rotatable bonds is 8. The number of benzene rings is 2. The predicted molar refractivity (Wildman–Crippen MR) is 151 cm³/mol. The highest BCUT2D eigenvalue weighted by Gasteiger charge is 2.39. The van der Waals surface area contributed by atoms with E-state index in [9.17, 15) is 22.0 Å². The van der Waals surface area contributed by atoms with Crippen molar-refractivity contribution in [3.8, 4) is 0 Å². The highest BCUT2D eigenvalue weighted by atomic mass is 32.2. The van der Waals surface area contributed by atoms with E-state index in [0.717, 1.165) is 44.9 Å². The van der Waals surface area contributed by atoms with Crippen LogP contribution in [0.5, 0.6) is 0 Å². The van der Waals surface area contributed by atoms with Crippen LogP contribution in [0.15, 0.2) is 48.5 Å². The maximum absolute atomic E-state index is 13.7. The van der Waals surface area contributed by atoms with Gasteiger partial charge in [-0.25, -0.2) is 17.2 Å². The number of nitrogens with two attached hydrogens (primary N) is 1. The largest absolute Gasteiger partial charge is 0.352 e. The normalized spacial score (nSPS) is 28.9.